The molecule has 0 aliphatic carbocycles. The summed E-state index contributed by atoms with van der Waals surface area (Å²) in [5.74, 6) is 2.90. The lowest BCUT2D eigenvalue weighted by atomic mass is 9.94. The molecular formula is C20H27N5O2. The van der Waals surface area contributed by atoms with Crippen LogP contribution in [0.25, 0.3) is 0 Å². The lowest BCUT2D eigenvalue weighted by molar-refractivity contribution is 0.0671. The Bertz CT molecular complexity index is 841. The van der Waals surface area contributed by atoms with Gasteiger partial charge < -0.3 is 14.2 Å². The summed E-state index contributed by atoms with van der Waals surface area (Å²) >= 11 is 0. The average Bonchev–Trinajstić information content (AvgIpc) is 3.30. The maximum atomic E-state index is 12.9. The zero-order valence-corrected chi connectivity index (χ0v) is 16.4. The molecule has 0 saturated carbocycles. The molecule has 4 heterocycles. The number of hydrogen-bond acceptors (Lipinski definition) is 6. The Hall–Kier alpha value is -2.44. The van der Waals surface area contributed by atoms with Crippen LogP contribution in [-0.2, 0) is 0 Å². The fourth-order valence-electron chi connectivity index (χ4n) is 4.17. The number of rotatable bonds is 3. The van der Waals surface area contributed by atoms with Crippen LogP contribution in [-0.4, -0.2) is 51.9 Å². The van der Waals surface area contributed by atoms with E-state index in [0.29, 0.717) is 23.9 Å². The number of nitrogens with zero attached hydrogens (tertiary/aromatic N) is 5. The number of carbonyl (C=O) groups excluding carboxylic acids is 1. The van der Waals surface area contributed by atoms with E-state index in [0.717, 1.165) is 49.8 Å². The maximum Gasteiger partial charge on any atom is 0.291 e. The van der Waals surface area contributed by atoms with Crippen molar-refractivity contribution in [1.82, 2.24) is 19.9 Å². The number of anilines is 1. The first-order chi connectivity index (χ1) is 13.0. The molecule has 0 bridgehead atoms. The predicted octanol–water partition coefficient (Wildman–Crippen LogP) is 3.01. The molecule has 2 aromatic heterocycles. The Kier molecular flexibility index (Phi) is 4.85. The molecule has 7 heteroatoms. The third-order valence-corrected chi connectivity index (χ3v) is 5.50. The van der Waals surface area contributed by atoms with Gasteiger partial charge >= 0.3 is 0 Å². The Labute approximate surface area is 159 Å². The lowest BCUT2D eigenvalue weighted by Crippen LogP contribution is -2.39. The third-order valence-electron chi connectivity index (χ3n) is 5.50. The van der Waals surface area contributed by atoms with Crippen LogP contribution < -0.4 is 4.90 Å². The van der Waals surface area contributed by atoms with Crippen molar-refractivity contribution < 1.29 is 9.21 Å². The van der Waals surface area contributed by atoms with Gasteiger partial charge in [0.1, 0.15) is 11.6 Å². The van der Waals surface area contributed by atoms with Crippen molar-refractivity contribution in [3.63, 3.8) is 0 Å². The van der Waals surface area contributed by atoms with Crippen molar-refractivity contribution >= 4 is 11.7 Å². The van der Waals surface area contributed by atoms with Crippen LogP contribution in [0.3, 0.4) is 0 Å². The van der Waals surface area contributed by atoms with Gasteiger partial charge in [-0.1, -0.05) is 0 Å². The second kappa shape index (κ2) is 7.29. The topological polar surface area (TPSA) is 75.4 Å². The SMILES string of the molecule is Cc1nc([C@@H]2CCCN(C(=O)c3oc(C)nc3C)C2)cc(N2CCCC2)n1. The van der Waals surface area contributed by atoms with Gasteiger partial charge in [0.05, 0.1) is 11.4 Å². The summed E-state index contributed by atoms with van der Waals surface area (Å²) in [5.41, 5.74) is 1.71. The molecule has 0 N–H and O–H groups in total. The molecule has 144 valence electrons. The molecule has 2 aliphatic heterocycles. The van der Waals surface area contributed by atoms with Crippen molar-refractivity contribution in [2.45, 2.75) is 52.4 Å². The van der Waals surface area contributed by atoms with E-state index in [-0.39, 0.29) is 11.8 Å². The van der Waals surface area contributed by atoms with Gasteiger partial charge in [0.25, 0.3) is 5.91 Å². The van der Waals surface area contributed by atoms with Gasteiger partial charge in [-0.15, -0.1) is 0 Å². The van der Waals surface area contributed by atoms with E-state index in [9.17, 15) is 4.79 Å². The van der Waals surface area contributed by atoms with Crippen molar-refractivity contribution in [3.05, 3.63) is 34.9 Å². The van der Waals surface area contributed by atoms with E-state index in [1.807, 2.05) is 18.7 Å². The average molecular weight is 369 g/mol. The van der Waals surface area contributed by atoms with Crippen molar-refractivity contribution in [1.29, 1.82) is 0 Å². The second-order valence-electron chi connectivity index (χ2n) is 7.63. The number of oxazole rings is 1. The highest BCUT2D eigenvalue weighted by atomic mass is 16.4. The Morgan fingerprint density at radius 1 is 1.07 bits per heavy atom. The first kappa shape index (κ1) is 17.9. The number of hydrogen-bond donors (Lipinski definition) is 0. The van der Waals surface area contributed by atoms with E-state index in [2.05, 4.69) is 20.9 Å². The van der Waals surface area contributed by atoms with Gasteiger partial charge in [0.2, 0.25) is 5.76 Å². The predicted molar refractivity (Wildman–Crippen MR) is 102 cm³/mol. The maximum absolute atomic E-state index is 12.9. The molecule has 0 unspecified atom stereocenters. The first-order valence-corrected chi connectivity index (χ1v) is 9.85. The summed E-state index contributed by atoms with van der Waals surface area (Å²) in [6, 6.07) is 2.13. The van der Waals surface area contributed by atoms with Crippen LogP contribution in [0.15, 0.2) is 10.5 Å². The first-order valence-electron chi connectivity index (χ1n) is 9.85. The van der Waals surface area contributed by atoms with E-state index in [1.165, 1.54) is 12.8 Å². The van der Waals surface area contributed by atoms with E-state index in [4.69, 9.17) is 9.40 Å². The minimum absolute atomic E-state index is 0.0663. The van der Waals surface area contributed by atoms with Gasteiger partial charge in [-0.2, -0.15) is 0 Å². The summed E-state index contributed by atoms with van der Waals surface area (Å²) in [7, 11) is 0. The van der Waals surface area contributed by atoms with Gasteiger partial charge in [0, 0.05) is 45.1 Å². The summed E-state index contributed by atoms with van der Waals surface area (Å²) in [4.78, 5) is 30.7. The van der Waals surface area contributed by atoms with E-state index < -0.39 is 0 Å². The molecule has 2 aliphatic rings. The molecule has 1 atom stereocenters. The highest BCUT2D eigenvalue weighted by Crippen LogP contribution is 2.29. The van der Waals surface area contributed by atoms with Crippen LogP contribution in [0, 0.1) is 20.8 Å². The van der Waals surface area contributed by atoms with Crippen molar-refractivity contribution in [3.8, 4) is 0 Å². The van der Waals surface area contributed by atoms with Crippen LogP contribution in [0.1, 0.15) is 65.3 Å². The third kappa shape index (κ3) is 3.68. The van der Waals surface area contributed by atoms with Crippen LogP contribution in [0.2, 0.25) is 0 Å². The molecule has 0 spiro atoms. The van der Waals surface area contributed by atoms with Gasteiger partial charge in [0.15, 0.2) is 5.89 Å². The quantitative estimate of drug-likeness (QED) is 0.828. The molecule has 2 fully saturated rings. The summed E-state index contributed by atoms with van der Waals surface area (Å²) in [5, 5.41) is 0. The van der Waals surface area contributed by atoms with Crippen molar-refractivity contribution in [2.24, 2.45) is 0 Å². The Balaban J connectivity index is 1.54. The molecule has 4 rings (SSSR count). The molecule has 7 nitrogen and oxygen atoms in total. The minimum Gasteiger partial charge on any atom is -0.436 e. The largest absolute Gasteiger partial charge is 0.436 e. The van der Waals surface area contributed by atoms with Crippen LogP contribution >= 0.6 is 0 Å². The minimum atomic E-state index is -0.0663. The second-order valence-corrected chi connectivity index (χ2v) is 7.63. The zero-order chi connectivity index (χ0) is 19.0. The summed E-state index contributed by atoms with van der Waals surface area (Å²) in [6.45, 7) is 9.08. The summed E-state index contributed by atoms with van der Waals surface area (Å²) in [6.07, 6.45) is 4.44. The number of aromatic nitrogens is 3. The smallest absolute Gasteiger partial charge is 0.291 e. The van der Waals surface area contributed by atoms with Gasteiger partial charge in [-0.05, 0) is 39.5 Å². The lowest BCUT2D eigenvalue weighted by Gasteiger charge is -2.32. The van der Waals surface area contributed by atoms with E-state index in [1.54, 1.807) is 6.92 Å². The normalized spacial score (nSPS) is 20.3. The molecule has 1 amide bonds. The van der Waals surface area contributed by atoms with Gasteiger partial charge in [-0.25, -0.2) is 15.0 Å². The van der Waals surface area contributed by atoms with Crippen LogP contribution in [0.5, 0.6) is 0 Å². The Morgan fingerprint density at radius 3 is 2.56 bits per heavy atom. The number of aryl methyl sites for hydroxylation is 3. The molecular weight excluding hydrogens is 342 g/mol. The fraction of sp³-hybridized carbons (Fsp3) is 0.600. The fourth-order valence-corrected chi connectivity index (χ4v) is 4.17. The van der Waals surface area contributed by atoms with Gasteiger partial charge in [-0.3, -0.25) is 4.79 Å². The zero-order valence-electron chi connectivity index (χ0n) is 16.4. The standard InChI is InChI=1S/C20H27N5O2/c1-13-19(27-15(3)21-13)20(26)25-10-6-7-16(12-25)17-11-18(23-14(2)22-17)24-8-4-5-9-24/h11,16H,4-10,12H2,1-3H3/t16-/m1/s1. The highest BCUT2D eigenvalue weighted by Gasteiger charge is 2.30. The summed E-state index contributed by atoms with van der Waals surface area (Å²) < 4.78 is 5.54. The highest BCUT2D eigenvalue weighted by molar-refractivity contribution is 5.92. The molecule has 2 saturated heterocycles. The Morgan fingerprint density at radius 2 is 1.85 bits per heavy atom. The molecule has 27 heavy (non-hydrogen) atoms. The van der Waals surface area contributed by atoms with Crippen molar-refractivity contribution in [2.75, 3.05) is 31.1 Å². The molecule has 0 radical (unpaired) electrons. The number of amides is 1. The number of carbonyl (C=O) groups is 1. The number of likely N-dealkylation sites (tertiary alicyclic amines) is 1. The number of piperidine rings is 1. The molecule has 2 aromatic rings. The van der Waals surface area contributed by atoms with Crippen LogP contribution in [0.4, 0.5) is 5.82 Å². The molecule has 0 aromatic carbocycles. The monoisotopic (exact) mass is 369 g/mol. The van der Waals surface area contributed by atoms with E-state index >= 15 is 0 Å².